The molecule has 128 valence electrons. The summed E-state index contributed by atoms with van der Waals surface area (Å²) in [5.74, 6) is 0.520. The Hall–Kier alpha value is -1.69. The first-order valence-corrected chi connectivity index (χ1v) is 8.33. The van der Waals surface area contributed by atoms with Gasteiger partial charge < -0.3 is 9.64 Å². The van der Waals surface area contributed by atoms with Gasteiger partial charge in [-0.2, -0.15) is 5.10 Å². The lowest BCUT2D eigenvalue weighted by molar-refractivity contribution is -0.134. The average molecular weight is 321 g/mol. The van der Waals surface area contributed by atoms with Crippen molar-refractivity contribution >= 4 is 5.91 Å². The van der Waals surface area contributed by atoms with Gasteiger partial charge in [-0.1, -0.05) is 0 Å². The number of hydrogen-bond acceptors (Lipinski definition) is 4. The van der Waals surface area contributed by atoms with Crippen molar-refractivity contribution in [3.63, 3.8) is 0 Å². The Morgan fingerprint density at radius 3 is 2.96 bits per heavy atom. The normalized spacial score (nSPS) is 18.2. The molecule has 0 aromatic carbocycles. The highest BCUT2D eigenvalue weighted by molar-refractivity contribution is 5.76. The fourth-order valence-corrected chi connectivity index (χ4v) is 3.06. The summed E-state index contributed by atoms with van der Waals surface area (Å²) in [6, 6.07) is 1.54. The van der Waals surface area contributed by atoms with Gasteiger partial charge in [-0.3, -0.25) is 9.59 Å². The summed E-state index contributed by atoms with van der Waals surface area (Å²) in [5.41, 5.74) is 1.43. The van der Waals surface area contributed by atoms with Gasteiger partial charge in [0.2, 0.25) is 5.91 Å². The topological polar surface area (TPSA) is 64.4 Å². The maximum absolute atomic E-state index is 12.5. The molecule has 6 nitrogen and oxygen atoms in total. The third kappa shape index (κ3) is 4.89. The summed E-state index contributed by atoms with van der Waals surface area (Å²) < 4.78 is 6.37. The first kappa shape index (κ1) is 17.7. The van der Waals surface area contributed by atoms with Crippen LogP contribution < -0.4 is 5.56 Å². The number of ether oxygens (including phenoxy) is 1. The number of rotatable bonds is 6. The summed E-state index contributed by atoms with van der Waals surface area (Å²) in [5, 5.41) is 4.23. The van der Waals surface area contributed by atoms with E-state index in [0.29, 0.717) is 5.92 Å². The van der Waals surface area contributed by atoms with Crippen LogP contribution in [0.15, 0.2) is 10.9 Å². The standard InChI is InChI=1S/C17H27N3O3/c1-13-10-16(21)20(18-14(13)2)12-17(22)19-8-4-6-15(11-19)7-5-9-23-3/h10,15H,4-9,11-12H2,1-3H3. The SMILES string of the molecule is COCCCC1CCCN(C(=O)Cn2nc(C)c(C)cc2=O)C1. The van der Waals surface area contributed by atoms with Crippen molar-refractivity contribution in [2.75, 3.05) is 26.8 Å². The number of hydrogen-bond donors (Lipinski definition) is 0. The van der Waals surface area contributed by atoms with E-state index in [0.717, 1.165) is 56.6 Å². The van der Waals surface area contributed by atoms with E-state index in [4.69, 9.17) is 4.74 Å². The summed E-state index contributed by atoms with van der Waals surface area (Å²) >= 11 is 0. The Kier molecular flexibility index (Phi) is 6.33. The van der Waals surface area contributed by atoms with Gasteiger partial charge in [0.05, 0.1) is 5.69 Å². The van der Waals surface area contributed by atoms with Crippen LogP contribution in [0, 0.1) is 19.8 Å². The van der Waals surface area contributed by atoms with Crippen LogP contribution in [-0.2, 0) is 16.1 Å². The highest BCUT2D eigenvalue weighted by Crippen LogP contribution is 2.21. The molecular weight excluding hydrogens is 294 g/mol. The smallest absolute Gasteiger partial charge is 0.267 e. The average Bonchev–Trinajstić information content (AvgIpc) is 2.53. The third-order valence-corrected chi connectivity index (χ3v) is 4.55. The molecule has 0 saturated carbocycles. The lowest BCUT2D eigenvalue weighted by Crippen LogP contribution is -2.43. The maximum atomic E-state index is 12.5. The van der Waals surface area contributed by atoms with Crippen molar-refractivity contribution in [2.24, 2.45) is 5.92 Å². The van der Waals surface area contributed by atoms with Crippen LogP contribution in [0.25, 0.3) is 0 Å². The van der Waals surface area contributed by atoms with E-state index in [-0.39, 0.29) is 18.0 Å². The molecule has 1 fully saturated rings. The van der Waals surface area contributed by atoms with Crippen LogP contribution in [-0.4, -0.2) is 47.4 Å². The fourth-order valence-electron chi connectivity index (χ4n) is 3.06. The van der Waals surface area contributed by atoms with E-state index in [1.807, 2.05) is 18.7 Å². The van der Waals surface area contributed by atoms with Crippen LogP contribution in [0.3, 0.4) is 0 Å². The number of amides is 1. The minimum atomic E-state index is -0.213. The molecule has 1 aliphatic heterocycles. The molecule has 1 atom stereocenters. The van der Waals surface area contributed by atoms with Gasteiger partial charge in [0.25, 0.3) is 5.56 Å². The molecule has 1 amide bonds. The summed E-state index contributed by atoms with van der Waals surface area (Å²) in [6.07, 6.45) is 4.30. The minimum Gasteiger partial charge on any atom is -0.385 e. The lowest BCUT2D eigenvalue weighted by Gasteiger charge is -2.33. The van der Waals surface area contributed by atoms with Crippen LogP contribution in [0.2, 0.25) is 0 Å². The molecule has 0 N–H and O–H groups in total. The molecule has 6 heteroatoms. The number of nitrogens with zero attached hydrogens (tertiary/aromatic N) is 3. The maximum Gasteiger partial charge on any atom is 0.267 e. The van der Waals surface area contributed by atoms with Crippen LogP contribution in [0.4, 0.5) is 0 Å². The van der Waals surface area contributed by atoms with Gasteiger partial charge in [-0.05, 0) is 51.0 Å². The molecule has 23 heavy (non-hydrogen) atoms. The number of carbonyl (C=O) groups is 1. The molecule has 1 aromatic heterocycles. The minimum absolute atomic E-state index is 0.0145. The van der Waals surface area contributed by atoms with Crippen molar-refractivity contribution in [2.45, 2.75) is 46.1 Å². The molecule has 1 aromatic rings. The third-order valence-electron chi connectivity index (χ3n) is 4.55. The van der Waals surface area contributed by atoms with E-state index in [1.165, 1.54) is 4.68 Å². The molecule has 0 radical (unpaired) electrons. The van der Waals surface area contributed by atoms with Gasteiger partial charge in [0.1, 0.15) is 6.54 Å². The zero-order valence-corrected chi connectivity index (χ0v) is 14.4. The summed E-state index contributed by atoms with van der Waals surface area (Å²) in [7, 11) is 1.71. The number of likely N-dealkylation sites (tertiary alicyclic amines) is 1. The molecule has 1 unspecified atom stereocenters. The first-order chi connectivity index (χ1) is 11.0. The lowest BCUT2D eigenvalue weighted by atomic mass is 9.93. The van der Waals surface area contributed by atoms with Crippen molar-refractivity contribution in [3.05, 3.63) is 27.7 Å². The Morgan fingerprint density at radius 2 is 2.22 bits per heavy atom. The van der Waals surface area contributed by atoms with Crippen molar-refractivity contribution in [1.82, 2.24) is 14.7 Å². The predicted octanol–water partition coefficient (Wildman–Crippen LogP) is 1.53. The van der Waals surface area contributed by atoms with E-state index in [1.54, 1.807) is 13.2 Å². The zero-order valence-electron chi connectivity index (χ0n) is 14.4. The van der Waals surface area contributed by atoms with Gasteiger partial charge in [-0.25, -0.2) is 4.68 Å². The Balaban J connectivity index is 1.95. The van der Waals surface area contributed by atoms with Gasteiger partial charge in [-0.15, -0.1) is 0 Å². The zero-order chi connectivity index (χ0) is 16.8. The van der Waals surface area contributed by atoms with Crippen LogP contribution >= 0.6 is 0 Å². The van der Waals surface area contributed by atoms with Gasteiger partial charge in [0.15, 0.2) is 0 Å². The van der Waals surface area contributed by atoms with E-state index in [9.17, 15) is 9.59 Å². The second-order valence-corrected chi connectivity index (χ2v) is 6.39. The largest absolute Gasteiger partial charge is 0.385 e. The monoisotopic (exact) mass is 321 g/mol. The number of carbonyl (C=O) groups excluding carboxylic acids is 1. The molecule has 0 spiro atoms. The quantitative estimate of drug-likeness (QED) is 0.745. The molecule has 0 aliphatic carbocycles. The second-order valence-electron chi connectivity index (χ2n) is 6.39. The highest BCUT2D eigenvalue weighted by atomic mass is 16.5. The van der Waals surface area contributed by atoms with E-state index >= 15 is 0 Å². The summed E-state index contributed by atoms with van der Waals surface area (Å²) in [6.45, 7) is 6.06. The van der Waals surface area contributed by atoms with Crippen molar-refractivity contribution in [1.29, 1.82) is 0 Å². The Bertz CT molecular complexity index is 597. The van der Waals surface area contributed by atoms with Gasteiger partial charge in [0, 0.05) is 32.9 Å². The molecular formula is C17H27N3O3. The second kappa shape index (κ2) is 8.24. The van der Waals surface area contributed by atoms with E-state index in [2.05, 4.69) is 5.10 Å². The van der Waals surface area contributed by atoms with Crippen molar-refractivity contribution in [3.8, 4) is 0 Å². The van der Waals surface area contributed by atoms with Gasteiger partial charge >= 0.3 is 0 Å². The highest BCUT2D eigenvalue weighted by Gasteiger charge is 2.24. The van der Waals surface area contributed by atoms with Crippen LogP contribution in [0.5, 0.6) is 0 Å². The number of piperidine rings is 1. The molecule has 0 bridgehead atoms. The first-order valence-electron chi connectivity index (χ1n) is 8.33. The molecule has 2 rings (SSSR count). The molecule has 2 heterocycles. The summed E-state index contributed by atoms with van der Waals surface area (Å²) in [4.78, 5) is 26.3. The Labute approximate surface area is 137 Å². The fraction of sp³-hybridized carbons (Fsp3) is 0.706. The van der Waals surface area contributed by atoms with Crippen molar-refractivity contribution < 1.29 is 9.53 Å². The number of aromatic nitrogens is 2. The number of aryl methyl sites for hydroxylation is 2. The number of methoxy groups -OCH3 is 1. The molecule has 1 aliphatic rings. The van der Waals surface area contributed by atoms with Crippen LogP contribution in [0.1, 0.15) is 36.9 Å². The molecule has 1 saturated heterocycles. The predicted molar refractivity (Wildman–Crippen MR) is 88.4 cm³/mol. The van der Waals surface area contributed by atoms with E-state index < -0.39 is 0 Å². The Morgan fingerprint density at radius 1 is 1.43 bits per heavy atom.